The first-order valence-corrected chi connectivity index (χ1v) is 12.9. The van der Waals surface area contributed by atoms with Crippen LogP contribution in [0, 0.1) is 11.3 Å². The average molecular weight is 537 g/mol. The third kappa shape index (κ3) is 6.02. The zero-order chi connectivity index (χ0) is 27.9. The van der Waals surface area contributed by atoms with Crippen LogP contribution in [0.3, 0.4) is 0 Å². The van der Waals surface area contributed by atoms with E-state index in [0.29, 0.717) is 23.1 Å². The molecule has 204 valence electrons. The van der Waals surface area contributed by atoms with Crippen LogP contribution in [-0.2, 0) is 0 Å². The Kier molecular flexibility index (Phi) is 6.78. The lowest BCUT2D eigenvalue weighted by molar-refractivity contribution is -0.274. The molecule has 0 spiro atoms. The number of imidazole rings is 1. The molecule has 9 heteroatoms. The Morgan fingerprint density at radius 1 is 1.05 bits per heavy atom. The maximum atomic E-state index is 12.6. The molecule has 1 amide bonds. The number of fused-ring (bicyclic) bond motifs is 1. The fourth-order valence-corrected chi connectivity index (χ4v) is 5.95. The van der Waals surface area contributed by atoms with Crippen LogP contribution in [0.1, 0.15) is 56.4 Å². The number of nitrogens with zero attached hydrogens (tertiary/aromatic N) is 2. The minimum atomic E-state index is -4.75. The van der Waals surface area contributed by atoms with E-state index in [9.17, 15) is 18.0 Å². The van der Waals surface area contributed by atoms with Gasteiger partial charge in [-0.3, -0.25) is 4.79 Å². The van der Waals surface area contributed by atoms with E-state index in [4.69, 9.17) is 10.7 Å². The van der Waals surface area contributed by atoms with Gasteiger partial charge in [0.05, 0.1) is 11.0 Å². The molecule has 5 rings (SSSR count). The molecule has 39 heavy (non-hydrogen) atoms. The van der Waals surface area contributed by atoms with Crippen LogP contribution >= 0.6 is 0 Å². The molecule has 0 radical (unpaired) electrons. The highest BCUT2D eigenvalue weighted by atomic mass is 19.4. The number of nitrogens with one attached hydrogen (secondary N) is 1. The fourth-order valence-electron chi connectivity index (χ4n) is 5.95. The Labute approximate surface area is 225 Å². The first-order valence-electron chi connectivity index (χ1n) is 12.9. The molecule has 1 aliphatic rings. The van der Waals surface area contributed by atoms with E-state index in [2.05, 4.69) is 35.4 Å². The lowest BCUT2D eigenvalue weighted by Gasteiger charge is -2.40. The van der Waals surface area contributed by atoms with Crippen LogP contribution in [0.25, 0.3) is 22.2 Å². The van der Waals surface area contributed by atoms with Crippen molar-refractivity contribution < 1.29 is 22.7 Å². The Morgan fingerprint density at radius 3 is 2.44 bits per heavy atom. The van der Waals surface area contributed by atoms with Crippen LogP contribution in [-0.4, -0.2) is 21.8 Å². The van der Waals surface area contributed by atoms with Crippen molar-refractivity contribution in [2.24, 2.45) is 17.1 Å². The fraction of sp³-hybridized carbons (Fsp3) is 0.333. The quantitative estimate of drug-likeness (QED) is 0.263. The van der Waals surface area contributed by atoms with Gasteiger partial charge in [-0.2, -0.15) is 0 Å². The molecule has 0 aliphatic heterocycles. The van der Waals surface area contributed by atoms with E-state index in [-0.39, 0.29) is 17.2 Å². The topological polar surface area (TPSA) is 82.2 Å². The molecular weight excluding hydrogens is 505 g/mol. The summed E-state index contributed by atoms with van der Waals surface area (Å²) in [7, 11) is 0. The average Bonchev–Trinajstić information content (AvgIpc) is 3.20. The number of carbonyl (C=O) groups is 1. The monoisotopic (exact) mass is 536 g/mol. The molecule has 4 aromatic rings. The maximum Gasteiger partial charge on any atom is 0.573 e. The van der Waals surface area contributed by atoms with Gasteiger partial charge >= 0.3 is 6.36 Å². The molecule has 0 bridgehead atoms. The molecule has 3 aromatic carbocycles. The molecule has 1 aliphatic carbocycles. The van der Waals surface area contributed by atoms with Crippen LogP contribution in [0.5, 0.6) is 5.75 Å². The molecule has 1 heterocycles. The lowest BCUT2D eigenvalue weighted by atomic mass is 9.70. The van der Waals surface area contributed by atoms with Crippen molar-refractivity contribution in [2.75, 3.05) is 5.32 Å². The van der Waals surface area contributed by atoms with Gasteiger partial charge in [0, 0.05) is 17.3 Å². The number of benzene rings is 3. The van der Waals surface area contributed by atoms with Gasteiger partial charge in [0.15, 0.2) is 0 Å². The number of anilines is 2. The number of hydrogen-bond acceptors (Lipinski definition) is 4. The van der Waals surface area contributed by atoms with Gasteiger partial charge in [-0.15, -0.1) is 13.2 Å². The summed E-state index contributed by atoms with van der Waals surface area (Å²) >= 11 is 0. The minimum absolute atomic E-state index is 0.155. The number of carbonyl (C=O) groups excluding carboxylic acids is 1. The highest BCUT2D eigenvalue weighted by molar-refractivity contribution is 5.94. The van der Waals surface area contributed by atoms with Crippen molar-refractivity contribution in [1.29, 1.82) is 0 Å². The van der Waals surface area contributed by atoms with Crippen molar-refractivity contribution in [3.8, 4) is 16.9 Å². The SMILES string of the molecule is C[C@@H]1C[C@H](n2c(Nc3ccc(OC(F)(F)F)cc3)nc3cc(-c4cccc(C(N)=O)c4)ccc32)CC(C)(C)C1. The van der Waals surface area contributed by atoms with Crippen molar-refractivity contribution in [3.05, 3.63) is 72.3 Å². The molecule has 0 saturated heterocycles. The number of alkyl halides is 3. The number of hydrogen-bond donors (Lipinski definition) is 2. The summed E-state index contributed by atoms with van der Waals surface area (Å²) in [6.07, 6.45) is -1.65. The van der Waals surface area contributed by atoms with Crippen molar-refractivity contribution in [2.45, 2.75) is 52.4 Å². The van der Waals surface area contributed by atoms with Gasteiger partial charge in [0.2, 0.25) is 11.9 Å². The standard InChI is InChI=1S/C30H31F3N4O2/c1-18-13-23(17-29(2,3)16-18)37-26-12-7-20(19-5-4-6-21(14-19)27(34)38)15-25(26)36-28(37)35-22-8-10-24(11-9-22)39-30(31,32)33/h4-12,14-15,18,23H,13,16-17H2,1-3H3,(H2,34,38)(H,35,36)/t18-,23+/m1/s1. The van der Waals surface area contributed by atoms with E-state index in [0.717, 1.165) is 41.4 Å². The Morgan fingerprint density at radius 2 is 1.77 bits per heavy atom. The number of nitrogens with two attached hydrogens (primary N) is 1. The summed E-state index contributed by atoms with van der Waals surface area (Å²) < 4.78 is 44.0. The number of ether oxygens (including phenoxy) is 1. The van der Waals surface area contributed by atoms with Crippen LogP contribution in [0.15, 0.2) is 66.7 Å². The van der Waals surface area contributed by atoms with Gasteiger partial charge in [-0.05, 0) is 90.3 Å². The second-order valence-corrected chi connectivity index (χ2v) is 11.2. The van der Waals surface area contributed by atoms with Gasteiger partial charge in [-0.25, -0.2) is 4.98 Å². The number of aromatic nitrogens is 2. The number of primary amides is 1. The number of rotatable bonds is 6. The van der Waals surface area contributed by atoms with Gasteiger partial charge < -0.3 is 20.4 Å². The molecule has 1 fully saturated rings. The molecular formula is C30H31F3N4O2. The van der Waals surface area contributed by atoms with Gasteiger partial charge in [0.1, 0.15) is 5.75 Å². The van der Waals surface area contributed by atoms with E-state index in [1.807, 2.05) is 24.3 Å². The summed E-state index contributed by atoms with van der Waals surface area (Å²) in [5.41, 5.74) is 10.1. The van der Waals surface area contributed by atoms with Crippen LogP contribution < -0.4 is 15.8 Å². The highest BCUT2D eigenvalue weighted by Crippen LogP contribution is 2.46. The summed E-state index contributed by atoms with van der Waals surface area (Å²) in [5, 5.41) is 3.33. The van der Waals surface area contributed by atoms with Crippen LogP contribution in [0.2, 0.25) is 0 Å². The first-order chi connectivity index (χ1) is 18.4. The first kappa shape index (κ1) is 26.6. The molecule has 3 N–H and O–H groups in total. The number of halogens is 3. The second kappa shape index (κ2) is 9.94. The summed E-state index contributed by atoms with van der Waals surface area (Å²) in [5.74, 6) is 0.368. The minimum Gasteiger partial charge on any atom is -0.406 e. The predicted molar refractivity (Wildman–Crippen MR) is 146 cm³/mol. The third-order valence-electron chi connectivity index (χ3n) is 7.24. The normalized spacial score (nSPS) is 19.1. The van der Waals surface area contributed by atoms with E-state index < -0.39 is 12.3 Å². The predicted octanol–water partition coefficient (Wildman–Crippen LogP) is 7.83. The van der Waals surface area contributed by atoms with Gasteiger partial charge in [0.25, 0.3) is 0 Å². The van der Waals surface area contributed by atoms with Crippen molar-refractivity contribution >= 4 is 28.6 Å². The summed E-state index contributed by atoms with van der Waals surface area (Å²) in [6, 6.07) is 19.0. The zero-order valence-corrected chi connectivity index (χ0v) is 22.0. The Hall–Kier alpha value is -4.01. The Balaban J connectivity index is 1.56. The smallest absolute Gasteiger partial charge is 0.406 e. The van der Waals surface area contributed by atoms with E-state index in [1.54, 1.807) is 30.3 Å². The lowest BCUT2D eigenvalue weighted by Crippen LogP contribution is -2.29. The largest absolute Gasteiger partial charge is 0.573 e. The van der Waals surface area contributed by atoms with Gasteiger partial charge in [-0.1, -0.05) is 39.0 Å². The van der Waals surface area contributed by atoms with Crippen LogP contribution in [0.4, 0.5) is 24.8 Å². The summed E-state index contributed by atoms with van der Waals surface area (Å²) in [4.78, 5) is 16.6. The Bertz CT molecular complexity index is 1510. The van der Waals surface area contributed by atoms with E-state index in [1.165, 1.54) is 12.1 Å². The van der Waals surface area contributed by atoms with Crippen molar-refractivity contribution in [3.63, 3.8) is 0 Å². The zero-order valence-electron chi connectivity index (χ0n) is 22.0. The highest BCUT2D eigenvalue weighted by Gasteiger charge is 2.35. The summed E-state index contributed by atoms with van der Waals surface area (Å²) in [6.45, 7) is 6.83. The third-order valence-corrected chi connectivity index (χ3v) is 7.24. The number of amides is 1. The second-order valence-electron chi connectivity index (χ2n) is 11.2. The maximum absolute atomic E-state index is 12.6. The molecule has 0 unspecified atom stereocenters. The van der Waals surface area contributed by atoms with E-state index >= 15 is 0 Å². The molecule has 2 atom stereocenters. The molecule has 1 aromatic heterocycles. The van der Waals surface area contributed by atoms with Crippen molar-refractivity contribution in [1.82, 2.24) is 9.55 Å². The molecule has 6 nitrogen and oxygen atoms in total. The molecule has 1 saturated carbocycles.